The van der Waals surface area contributed by atoms with E-state index in [2.05, 4.69) is 5.32 Å². The van der Waals surface area contributed by atoms with E-state index in [4.69, 9.17) is 23.7 Å². The van der Waals surface area contributed by atoms with Crippen molar-refractivity contribution in [3.63, 3.8) is 0 Å². The van der Waals surface area contributed by atoms with Crippen LogP contribution in [-0.4, -0.2) is 45.3 Å². The summed E-state index contributed by atoms with van der Waals surface area (Å²) in [5, 5.41) is 2.55. The van der Waals surface area contributed by atoms with Crippen molar-refractivity contribution in [3.05, 3.63) is 41.5 Å². The van der Waals surface area contributed by atoms with Crippen molar-refractivity contribution in [3.8, 4) is 23.0 Å². The van der Waals surface area contributed by atoms with E-state index in [1.165, 1.54) is 45.4 Å². The molecule has 0 aliphatic carbocycles. The first-order chi connectivity index (χ1) is 13.9. The number of carbonyl (C=O) groups excluding carboxylic acids is 3. The molecular weight excluding hydrogens is 382 g/mol. The van der Waals surface area contributed by atoms with Crippen molar-refractivity contribution >= 4 is 23.3 Å². The second-order valence-corrected chi connectivity index (χ2v) is 6.00. The van der Waals surface area contributed by atoms with E-state index in [1.807, 2.05) is 0 Å². The Hall–Kier alpha value is -3.75. The molecule has 0 radical (unpaired) electrons. The van der Waals surface area contributed by atoms with Gasteiger partial charge < -0.3 is 29.0 Å². The van der Waals surface area contributed by atoms with E-state index >= 15 is 0 Å². The minimum atomic E-state index is -0.710. The van der Waals surface area contributed by atoms with Gasteiger partial charge in [0.15, 0.2) is 35.4 Å². The lowest BCUT2D eigenvalue weighted by molar-refractivity contribution is -0.119. The Labute approximate surface area is 166 Å². The maximum absolute atomic E-state index is 12.2. The number of amides is 1. The van der Waals surface area contributed by atoms with Crippen LogP contribution in [0.1, 0.15) is 27.6 Å². The van der Waals surface area contributed by atoms with Crippen LogP contribution in [0.3, 0.4) is 0 Å². The Morgan fingerprint density at radius 3 is 2.34 bits per heavy atom. The first-order valence-electron chi connectivity index (χ1n) is 8.56. The molecule has 0 saturated heterocycles. The number of fused-ring (bicyclic) bond motifs is 1. The maximum Gasteiger partial charge on any atom is 0.338 e. The van der Waals surface area contributed by atoms with E-state index in [0.717, 1.165) is 0 Å². The van der Waals surface area contributed by atoms with Crippen molar-refractivity contribution in [1.29, 1.82) is 0 Å². The quantitative estimate of drug-likeness (QED) is 0.557. The Kier molecular flexibility index (Phi) is 5.87. The molecule has 0 unspecified atom stereocenters. The number of methoxy groups -OCH3 is 2. The summed E-state index contributed by atoms with van der Waals surface area (Å²) in [5.41, 5.74) is 0.700. The second kappa shape index (κ2) is 8.51. The molecule has 0 fully saturated rings. The van der Waals surface area contributed by atoms with E-state index in [0.29, 0.717) is 23.0 Å². The van der Waals surface area contributed by atoms with Gasteiger partial charge in [-0.15, -0.1) is 0 Å². The van der Waals surface area contributed by atoms with E-state index in [1.54, 1.807) is 6.07 Å². The standard InChI is InChI=1S/C20H19NO8/c1-11(22)13-7-17-18(29-10-28-17)8-14(13)21-19(23)9-27-20(24)12-4-5-15(25-2)16(6-12)26-3/h4-8H,9-10H2,1-3H3,(H,21,23). The number of ether oxygens (including phenoxy) is 5. The largest absolute Gasteiger partial charge is 0.493 e. The number of nitrogens with one attached hydrogen (secondary N) is 1. The number of Topliss-reactive ketones (excluding diaryl/α,β-unsaturated/α-hetero) is 1. The van der Waals surface area contributed by atoms with Gasteiger partial charge >= 0.3 is 5.97 Å². The fourth-order valence-electron chi connectivity index (χ4n) is 2.70. The summed E-state index contributed by atoms with van der Waals surface area (Å²) in [6.07, 6.45) is 0. The van der Waals surface area contributed by atoms with Crippen molar-refractivity contribution in [2.24, 2.45) is 0 Å². The molecule has 0 spiro atoms. The summed E-state index contributed by atoms with van der Waals surface area (Å²) in [4.78, 5) is 36.3. The minimum Gasteiger partial charge on any atom is -0.493 e. The molecule has 1 aliphatic heterocycles. The molecule has 1 amide bonds. The summed E-state index contributed by atoms with van der Waals surface area (Å²) >= 11 is 0. The Balaban J connectivity index is 1.66. The normalized spacial score (nSPS) is 11.6. The van der Waals surface area contributed by atoms with Crippen molar-refractivity contribution < 1.29 is 38.1 Å². The summed E-state index contributed by atoms with van der Waals surface area (Å²) in [5.74, 6) is 0.0691. The third-order valence-electron chi connectivity index (χ3n) is 4.12. The van der Waals surface area contributed by atoms with E-state index < -0.39 is 18.5 Å². The number of ketones is 1. The zero-order valence-corrected chi connectivity index (χ0v) is 16.1. The summed E-state index contributed by atoms with van der Waals surface area (Å²) in [7, 11) is 2.92. The predicted octanol–water partition coefficient (Wildman–Crippen LogP) is 2.43. The Morgan fingerprint density at radius 2 is 1.69 bits per heavy atom. The van der Waals surface area contributed by atoms with Crippen LogP contribution in [0, 0.1) is 0 Å². The van der Waals surface area contributed by atoms with Crippen LogP contribution in [0.4, 0.5) is 5.69 Å². The number of hydrogen-bond donors (Lipinski definition) is 1. The van der Waals surface area contributed by atoms with Crippen LogP contribution in [0.15, 0.2) is 30.3 Å². The van der Waals surface area contributed by atoms with Gasteiger partial charge in [0.25, 0.3) is 5.91 Å². The molecule has 1 N–H and O–H groups in total. The van der Waals surface area contributed by atoms with Gasteiger partial charge in [0, 0.05) is 11.6 Å². The molecule has 0 bridgehead atoms. The molecule has 29 heavy (non-hydrogen) atoms. The number of esters is 1. The number of rotatable bonds is 7. The van der Waals surface area contributed by atoms with Crippen LogP contribution in [0.5, 0.6) is 23.0 Å². The molecule has 0 saturated carbocycles. The molecule has 3 rings (SSSR count). The fraction of sp³-hybridized carbons (Fsp3) is 0.250. The molecule has 2 aromatic carbocycles. The monoisotopic (exact) mass is 401 g/mol. The highest BCUT2D eigenvalue weighted by molar-refractivity contribution is 6.05. The van der Waals surface area contributed by atoms with Crippen LogP contribution < -0.4 is 24.3 Å². The number of anilines is 1. The van der Waals surface area contributed by atoms with Crippen LogP contribution in [0.25, 0.3) is 0 Å². The van der Waals surface area contributed by atoms with E-state index in [-0.39, 0.29) is 29.4 Å². The number of benzene rings is 2. The smallest absolute Gasteiger partial charge is 0.338 e. The maximum atomic E-state index is 12.2. The molecule has 2 aromatic rings. The van der Waals surface area contributed by atoms with Gasteiger partial charge in [-0.25, -0.2) is 4.79 Å². The average molecular weight is 401 g/mol. The topological polar surface area (TPSA) is 109 Å². The lowest BCUT2D eigenvalue weighted by Gasteiger charge is -2.12. The van der Waals surface area contributed by atoms with Crippen LogP contribution in [0.2, 0.25) is 0 Å². The minimum absolute atomic E-state index is 0.0347. The van der Waals surface area contributed by atoms with Gasteiger partial charge in [0.05, 0.1) is 25.5 Å². The molecule has 1 heterocycles. The van der Waals surface area contributed by atoms with Crippen molar-refractivity contribution in [2.45, 2.75) is 6.92 Å². The first kappa shape index (κ1) is 20.0. The molecule has 0 atom stereocenters. The third kappa shape index (κ3) is 4.40. The number of hydrogen-bond acceptors (Lipinski definition) is 8. The van der Waals surface area contributed by atoms with Gasteiger partial charge in [0.2, 0.25) is 6.79 Å². The first-order valence-corrected chi connectivity index (χ1v) is 8.56. The summed E-state index contributed by atoms with van der Waals surface area (Å²) in [6, 6.07) is 7.49. The highest BCUT2D eigenvalue weighted by atomic mass is 16.7. The Morgan fingerprint density at radius 1 is 1.00 bits per heavy atom. The van der Waals surface area contributed by atoms with Crippen molar-refractivity contribution in [2.75, 3.05) is 32.9 Å². The highest BCUT2D eigenvalue weighted by Crippen LogP contribution is 2.37. The zero-order chi connectivity index (χ0) is 21.0. The molecule has 152 valence electrons. The SMILES string of the molecule is COc1ccc(C(=O)OCC(=O)Nc2cc3c(cc2C(C)=O)OCO3)cc1OC. The van der Waals surface area contributed by atoms with Gasteiger partial charge in [-0.1, -0.05) is 0 Å². The van der Waals surface area contributed by atoms with Crippen LogP contribution in [-0.2, 0) is 9.53 Å². The summed E-state index contributed by atoms with van der Waals surface area (Å²) < 4.78 is 25.8. The fourth-order valence-corrected chi connectivity index (χ4v) is 2.70. The third-order valence-corrected chi connectivity index (χ3v) is 4.12. The van der Waals surface area contributed by atoms with Gasteiger partial charge in [-0.3, -0.25) is 9.59 Å². The highest BCUT2D eigenvalue weighted by Gasteiger charge is 2.21. The molecule has 9 nitrogen and oxygen atoms in total. The zero-order valence-electron chi connectivity index (χ0n) is 16.1. The molecular formula is C20H19NO8. The molecule has 1 aliphatic rings. The lowest BCUT2D eigenvalue weighted by Crippen LogP contribution is -2.22. The summed E-state index contributed by atoms with van der Waals surface area (Å²) in [6.45, 7) is 0.857. The predicted molar refractivity (Wildman–Crippen MR) is 101 cm³/mol. The van der Waals surface area contributed by atoms with Gasteiger partial charge in [-0.2, -0.15) is 0 Å². The average Bonchev–Trinajstić information content (AvgIpc) is 3.18. The molecule has 9 heteroatoms. The van der Waals surface area contributed by atoms with E-state index in [9.17, 15) is 14.4 Å². The van der Waals surface area contributed by atoms with Crippen LogP contribution >= 0.6 is 0 Å². The number of carbonyl (C=O) groups is 3. The lowest BCUT2D eigenvalue weighted by atomic mass is 10.1. The van der Waals surface area contributed by atoms with Gasteiger partial charge in [-0.05, 0) is 31.2 Å². The Bertz CT molecular complexity index is 969. The van der Waals surface area contributed by atoms with Gasteiger partial charge in [0.1, 0.15) is 0 Å². The second-order valence-electron chi connectivity index (χ2n) is 6.00. The van der Waals surface area contributed by atoms with Crippen molar-refractivity contribution in [1.82, 2.24) is 0 Å². The molecule has 0 aromatic heterocycles.